The Morgan fingerprint density at radius 3 is 2.60 bits per heavy atom. The van der Waals surface area contributed by atoms with Crippen LogP contribution in [-0.4, -0.2) is 41.7 Å². The van der Waals surface area contributed by atoms with E-state index in [1.54, 1.807) is 6.07 Å². The lowest BCUT2D eigenvalue weighted by Gasteiger charge is -2.28. The SMILES string of the molecule is CN(CC(=O)NC1CCCCCC1)[C@H]1c2cc(Cl)cc(Cl)c2C[C@@H]1O. The van der Waals surface area contributed by atoms with E-state index in [2.05, 4.69) is 5.32 Å². The highest BCUT2D eigenvalue weighted by Crippen LogP contribution is 2.40. The average Bonchev–Trinajstić information content (AvgIpc) is 2.70. The molecule has 3 rings (SSSR count). The number of halogens is 2. The fraction of sp³-hybridized carbons (Fsp3) is 0.632. The van der Waals surface area contributed by atoms with E-state index in [-0.39, 0.29) is 24.5 Å². The van der Waals surface area contributed by atoms with Crippen molar-refractivity contribution in [2.24, 2.45) is 0 Å². The van der Waals surface area contributed by atoms with Crippen molar-refractivity contribution in [3.05, 3.63) is 33.3 Å². The molecule has 25 heavy (non-hydrogen) atoms. The van der Waals surface area contributed by atoms with Gasteiger partial charge in [0.2, 0.25) is 5.91 Å². The molecule has 2 aliphatic rings. The predicted molar refractivity (Wildman–Crippen MR) is 101 cm³/mol. The molecule has 0 heterocycles. The number of fused-ring (bicyclic) bond motifs is 1. The zero-order valence-corrected chi connectivity index (χ0v) is 16.1. The third-order valence-electron chi connectivity index (χ3n) is 5.38. The molecule has 1 amide bonds. The third-order valence-corrected chi connectivity index (χ3v) is 5.93. The second-order valence-electron chi connectivity index (χ2n) is 7.34. The number of benzene rings is 1. The minimum absolute atomic E-state index is 0.0168. The van der Waals surface area contributed by atoms with Gasteiger partial charge in [-0.15, -0.1) is 0 Å². The fourth-order valence-electron chi connectivity index (χ4n) is 4.18. The van der Waals surface area contributed by atoms with E-state index >= 15 is 0 Å². The van der Waals surface area contributed by atoms with Gasteiger partial charge in [0, 0.05) is 22.5 Å². The first-order valence-electron chi connectivity index (χ1n) is 9.11. The van der Waals surface area contributed by atoms with Crippen LogP contribution < -0.4 is 5.32 Å². The van der Waals surface area contributed by atoms with Gasteiger partial charge in [0.05, 0.1) is 18.7 Å². The van der Waals surface area contributed by atoms with Crippen LogP contribution in [0.1, 0.15) is 55.7 Å². The number of nitrogens with zero attached hydrogens (tertiary/aromatic N) is 1. The summed E-state index contributed by atoms with van der Waals surface area (Å²) in [7, 11) is 1.87. The van der Waals surface area contributed by atoms with Gasteiger partial charge < -0.3 is 10.4 Å². The molecule has 0 saturated heterocycles. The molecule has 1 saturated carbocycles. The second-order valence-corrected chi connectivity index (χ2v) is 8.19. The average molecular weight is 385 g/mol. The summed E-state index contributed by atoms with van der Waals surface area (Å²) in [5.74, 6) is 0.0168. The number of carbonyl (C=O) groups excluding carboxylic acids is 1. The molecule has 1 aromatic carbocycles. The van der Waals surface area contributed by atoms with Gasteiger partial charge in [-0.25, -0.2) is 0 Å². The highest BCUT2D eigenvalue weighted by Gasteiger charge is 2.36. The molecule has 2 N–H and O–H groups in total. The summed E-state index contributed by atoms with van der Waals surface area (Å²) in [6.45, 7) is 0.252. The number of hydrogen-bond acceptors (Lipinski definition) is 3. The highest BCUT2D eigenvalue weighted by atomic mass is 35.5. The van der Waals surface area contributed by atoms with Gasteiger partial charge in [-0.05, 0) is 43.1 Å². The lowest BCUT2D eigenvalue weighted by Crippen LogP contribution is -2.43. The molecular formula is C19H26Cl2N2O2. The van der Waals surface area contributed by atoms with Crippen molar-refractivity contribution in [3.63, 3.8) is 0 Å². The molecule has 138 valence electrons. The molecule has 2 aliphatic carbocycles. The summed E-state index contributed by atoms with van der Waals surface area (Å²) in [6, 6.07) is 3.58. The minimum Gasteiger partial charge on any atom is -0.391 e. The first kappa shape index (κ1) is 19.0. The molecule has 0 aliphatic heterocycles. The van der Waals surface area contributed by atoms with Gasteiger partial charge >= 0.3 is 0 Å². The second kappa shape index (κ2) is 8.26. The van der Waals surface area contributed by atoms with Gasteiger partial charge in [-0.1, -0.05) is 48.9 Å². The van der Waals surface area contributed by atoms with Crippen molar-refractivity contribution in [2.75, 3.05) is 13.6 Å². The number of likely N-dealkylation sites (N-methyl/N-ethyl adjacent to an activating group) is 1. The van der Waals surface area contributed by atoms with Crippen molar-refractivity contribution >= 4 is 29.1 Å². The van der Waals surface area contributed by atoms with Gasteiger partial charge in [0.1, 0.15) is 0 Å². The van der Waals surface area contributed by atoms with Crippen molar-refractivity contribution in [2.45, 2.75) is 63.1 Å². The summed E-state index contributed by atoms with van der Waals surface area (Å²) < 4.78 is 0. The minimum atomic E-state index is -0.582. The lowest BCUT2D eigenvalue weighted by molar-refractivity contribution is -0.123. The van der Waals surface area contributed by atoms with Crippen LogP contribution in [0.5, 0.6) is 0 Å². The van der Waals surface area contributed by atoms with Gasteiger partial charge in [0.25, 0.3) is 0 Å². The molecule has 0 spiro atoms. The van der Waals surface area contributed by atoms with Crippen LogP contribution in [0.4, 0.5) is 0 Å². The first-order valence-corrected chi connectivity index (χ1v) is 9.87. The molecule has 0 bridgehead atoms. The summed E-state index contributed by atoms with van der Waals surface area (Å²) in [5.41, 5.74) is 1.86. The Bertz CT molecular complexity index is 630. The van der Waals surface area contributed by atoms with Crippen molar-refractivity contribution in [1.29, 1.82) is 0 Å². The molecule has 1 fully saturated rings. The Labute approximate surface area is 159 Å². The third kappa shape index (κ3) is 4.48. The topological polar surface area (TPSA) is 52.6 Å². The van der Waals surface area contributed by atoms with Crippen LogP contribution in [0, 0.1) is 0 Å². The van der Waals surface area contributed by atoms with Crippen LogP contribution in [-0.2, 0) is 11.2 Å². The number of aliphatic hydroxyl groups is 1. The van der Waals surface area contributed by atoms with Crippen LogP contribution >= 0.6 is 23.2 Å². The van der Waals surface area contributed by atoms with Crippen LogP contribution in [0.25, 0.3) is 0 Å². The smallest absolute Gasteiger partial charge is 0.234 e. The van der Waals surface area contributed by atoms with Gasteiger partial charge in [-0.3, -0.25) is 9.69 Å². The van der Waals surface area contributed by atoms with Gasteiger partial charge in [0.15, 0.2) is 0 Å². The van der Waals surface area contributed by atoms with E-state index in [1.165, 1.54) is 25.7 Å². The molecule has 4 nitrogen and oxygen atoms in total. The van der Waals surface area contributed by atoms with E-state index in [0.717, 1.165) is 24.0 Å². The Kier molecular flexibility index (Phi) is 6.26. The van der Waals surface area contributed by atoms with E-state index < -0.39 is 6.10 Å². The summed E-state index contributed by atoms with van der Waals surface area (Å²) in [4.78, 5) is 14.4. The van der Waals surface area contributed by atoms with E-state index in [0.29, 0.717) is 16.5 Å². The fourth-order valence-corrected chi connectivity index (χ4v) is 4.77. The molecule has 0 aromatic heterocycles. The standard InChI is InChI=1S/C19H26Cl2N2O2/c1-23(11-18(25)22-13-6-4-2-3-5-7-13)19-15-8-12(20)9-16(21)14(15)10-17(19)24/h8-9,13,17,19,24H,2-7,10-11H2,1H3,(H,22,25)/t17-,19-/m0/s1. The molecular weight excluding hydrogens is 359 g/mol. The number of rotatable bonds is 4. The van der Waals surface area contributed by atoms with Crippen LogP contribution in [0.2, 0.25) is 10.0 Å². The van der Waals surface area contributed by atoms with Crippen molar-refractivity contribution < 1.29 is 9.90 Å². The normalized spacial score (nSPS) is 24.2. The Morgan fingerprint density at radius 2 is 1.92 bits per heavy atom. The maximum Gasteiger partial charge on any atom is 0.234 e. The number of aliphatic hydroxyl groups excluding tert-OH is 1. The number of hydrogen-bond donors (Lipinski definition) is 2. The lowest BCUT2D eigenvalue weighted by atomic mass is 10.1. The maximum atomic E-state index is 12.5. The van der Waals surface area contributed by atoms with E-state index in [1.807, 2.05) is 18.0 Å². The Hall–Kier alpha value is -0.810. The molecule has 0 radical (unpaired) electrons. The number of nitrogens with one attached hydrogen (secondary N) is 1. The number of carbonyl (C=O) groups is 1. The monoisotopic (exact) mass is 384 g/mol. The summed E-state index contributed by atoms with van der Waals surface area (Å²) in [6.07, 6.45) is 6.94. The molecule has 6 heteroatoms. The zero-order valence-electron chi connectivity index (χ0n) is 14.6. The van der Waals surface area contributed by atoms with Crippen LogP contribution in [0.15, 0.2) is 12.1 Å². The molecule has 0 unspecified atom stereocenters. The first-order chi connectivity index (χ1) is 12.0. The Balaban J connectivity index is 1.65. The maximum absolute atomic E-state index is 12.5. The predicted octanol–water partition coefficient (Wildman–Crippen LogP) is 3.72. The molecule has 2 atom stereocenters. The Morgan fingerprint density at radius 1 is 1.24 bits per heavy atom. The van der Waals surface area contributed by atoms with Crippen molar-refractivity contribution in [3.8, 4) is 0 Å². The molecule has 1 aromatic rings. The highest BCUT2D eigenvalue weighted by molar-refractivity contribution is 6.35. The van der Waals surface area contributed by atoms with E-state index in [9.17, 15) is 9.90 Å². The number of amides is 1. The summed E-state index contributed by atoms with van der Waals surface area (Å²) >= 11 is 12.4. The largest absolute Gasteiger partial charge is 0.391 e. The van der Waals surface area contributed by atoms with Gasteiger partial charge in [-0.2, -0.15) is 0 Å². The quantitative estimate of drug-likeness (QED) is 0.777. The van der Waals surface area contributed by atoms with Crippen LogP contribution in [0.3, 0.4) is 0 Å². The zero-order chi connectivity index (χ0) is 18.0. The summed E-state index contributed by atoms with van der Waals surface area (Å²) in [5, 5.41) is 14.8. The van der Waals surface area contributed by atoms with Crippen molar-refractivity contribution in [1.82, 2.24) is 10.2 Å². The van der Waals surface area contributed by atoms with E-state index in [4.69, 9.17) is 23.2 Å².